The van der Waals surface area contributed by atoms with Gasteiger partial charge in [0, 0.05) is 24.2 Å². The number of aryl methyl sites for hydroxylation is 1. The van der Waals surface area contributed by atoms with Crippen LogP contribution in [0.25, 0.3) is 11.4 Å². The van der Waals surface area contributed by atoms with Gasteiger partial charge in [0.25, 0.3) is 0 Å². The van der Waals surface area contributed by atoms with Crippen molar-refractivity contribution in [2.75, 3.05) is 18.6 Å². The highest BCUT2D eigenvalue weighted by atomic mass is 35.5. The molecule has 1 amide bonds. The Morgan fingerprint density at radius 2 is 2.11 bits per heavy atom. The lowest BCUT2D eigenvalue weighted by Crippen LogP contribution is -2.24. The van der Waals surface area contributed by atoms with Gasteiger partial charge in [-0.15, -0.1) is 0 Å². The molecule has 1 aromatic heterocycles. The maximum atomic E-state index is 12.5. The first-order chi connectivity index (χ1) is 13.0. The largest absolute Gasteiger partial charge is 0.495 e. The average molecular weight is 384 g/mol. The van der Waals surface area contributed by atoms with E-state index in [1.165, 1.54) is 0 Å². The number of benzene rings is 2. The molecule has 0 N–H and O–H groups in total. The fraction of sp³-hybridized carbons (Fsp3) is 0.250. The molecule has 0 saturated carbocycles. The predicted molar refractivity (Wildman–Crippen MR) is 102 cm³/mol. The van der Waals surface area contributed by atoms with Crippen LogP contribution in [0.4, 0.5) is 5.69 Å². The molecule has 1 fully saturated rings. The van der Waals surface area contributed by atoms with Gasteiger partial charge in [-0.05, 0) is 31.2 Å². The molecule has 1 aliphatic rings. The van der Waals surface area contributed by atoms with E-state index in [9.17, 15) is 4.79 Å². The molecule has 138 valence electrons. The second-order valence-corrected chi connectivity index (χ2v) is 6.96. The summed E-state index contributed by atoms with van der Waals surface area (Å²) in [6.45, 7) is 2.48. The van der Waals surface area contributed by atoms with Gasteiger partial charge >= 0.3 is 0 Å². The van der Waals surface area contributed by atoms with Gasteiger partial charge in [-0.25, -0.2) is 0 Å². The summed E-state index contributed by atoms with van der Waals surface area (Å²) in [5, 5.41) is 4.54. The summed E-state index contributed by atoms with van der Waals surface area (Å²) in [4.78, 5) is 18.7. The van der Waals surface area contributed by atoms with E-state index >= 15 is 0 Å². The van der Waals surface area contributed by atoms with Crippen molar-refractivity contribution in [3.63, 3.8) is 0 Å². The fourth-order valence-corrected chi connectivity index (χ4v) is 3.50. The summed E-state index contributed by atoms with van der Waals surface area (Å²) < 4.78 is 10.6. The first-order valence-electron chi connectivity index (χ1n) is 8.59. The van der Waals surface area contributed by atoms with Crippen LogP contribution in [0.2, 0.25) is 5.02 Å². The Morgan fingerprint density at radius 3 is 2.85 bits per heavy atom. The normalized spacial score (nSPS) is 16.8. The van der Waals surface area contributed by atoms with Gasteiger partial charge in [0.2, 0.25) is 17.6 Å². The minimum Gasteiger partial charge on any atom is -0.495 e. The molecule has 27 heavy (non-hydrogen) atoms. The maximum Gasteiger partial charge on any atom is 0.232 e. The zero-order valence-electron chi connectivity index (χ0n) is 15.0. The Kier molecular flexibility index (Phi) is 4.58. The number of methoxy groups -OCH3 is 1. The number of hydrogen-bond acceptors (Lipinski definition) is 5. The number of carbonyl (C=O) groups excluding carboxylic acids is 1. The molecule has 1 aliphatic heterocycles. The molecule has 0 radical (unpaired) electrons. The van der Waals surface area contributed by atoms with Gasteiger partial charge in [-0.3, -0.25) is 4.79 Å². The second kappa shape index (κ2) is 7.04. The Bertz CT molecular complexity index is 1000. The number of amides is 1. The van der Waals surface area contributed by atoms with E-state index in [4.69, 9.17) is 20.9 Å². The minimum atomic E-state index is -0.149. The van der Waals surface area contributed by atoms with Gasteiger partial charge in [-0.2, -0.15) is 4.98 Å². The fourth-order valence-electron chi connectivity index (χ4n) is 3.25. The van der Waals surface area contributed by atoms with E-state index in [1.807, 2.05) is 37.3 Å². The first kappa shape index (κ1) is 17.5. The lowest BCUT2D eigenvalue weighted by atomic mass is 10.1. The van der Waals surface area contributed by atoms with Gasteiger partial charge in [0.05, 0.1) is 18.1 Å². The summed E-state index contributed by atoms with van der Waals surface area (Å²) in [6, 6.07) is 13.2. The number of nitrogens with zero attached hydrogens (tertiary/aromatic N) is 3. The Morgan fingerprint density at radius 1 is 1.26 bits per heavy atom. The molecule has 4 rings (SSSR count). The van der Waals surface area contributed by atoms with Crippen LogP contribution in [0.15, 0.2) is 47.0 Å². The third kappa shape index (κ3) is 3.40. The molecular weight excluding hydrogens is 366 g/mol. The molecular formula is C20H18ClN3O3. The highest BCUT2D eigenvalue weighted by Gasteiger charge is 2.35. The van der Waals surface area contributed by atoms with Crippen molar-refractivity contribution in [1.82, 2.24) is 10.1 Å². The molecule has 3 aromatic rings. The van der Waals surface area contributed by atoms with Crippen molar-refractivity contribution in [3.05, 3.63) is 58.9 Å². The zero-order valence-corrected chi connectivity index (χ0v) is 15.7. The first-order valence-corrected chi connectivity index (χ1v) is 8.97. The molecule has 1 atom stereocenters. The minimum absolute atomic E-state index is 0.00320. The van der Waals surface area contributed by atoms with E-state index < -0.39 is 0 Å². The summed E-state index contributed by atoms with van der Waals surface area (Å²) >= 11 is 6.19. The number of anilines is 1. The van der Waals surface area contributed by atoms with E-state index in [2.05, 4.69) is 10.1 Å². The standard InChI is InChI=1S/C20H18ClN3O3/c1-12-4-3-5-13(8-12)19-22-20(27-23-19)14-9-18(25)24(11-14)15-6-7-17(26-2)16(21)10-15/h3-8,10,14H,9,11H2,1-2H3. The quantitative estimate of drug-likeness (QED) is 0.674. The number of carbonyl (C=O) groups is 1. The summed E-state index contributed by atoms with van der Waals surface area (Å²) in [5.41, 5.74) is 2.75. The summed E-state index contributed by atoms with van der Waals surface area (Å²) in [7, 11) is 1.55. The molecule has 2 heterocycles. The van der Waals surface area contributed by atoms with Crippen LogP contribution in [-0.2, 0) is 4.79 Å². The van der Waals surface area contributed by atoms with Gasteiger partial charge < -0.3 is 14.2 Å². The third-order valence-corrected chi connectivity index (χ3v) is 4.93. The Hall–Kier alpha value is -2.86. The van der Waals surface area contributed by atoms with Crippen molar-refractivity contribution in [3.8, 4) is 17.1 Å². The van der Waals surface area contributed by atoms with Crippen molar-refractivity contribution < 1.29 is 14.1 Å². The van der Waals surface area contributed by atoms with Crippen molar-refractivity contribution in [2.45, 2.75) is 19.3 Å². The van der Waals surface area contributed by atoms with E-state index in [1.54, 1.807) is 24.1 Å². The monoisotopic (exact) mass is 383 g/mol. The molecule has 7 heteroatoms. The molecule has 0 aliphatic carbocycles. The van der Waals surface area contributed by atoms with Crippen LogP contribution in [0.1, 0.15) is 23.8 Å². The smallest absolute Gasteiger partial charge is 0.232 e. The molecule has 1 saturated heterocycles. The van der Waals surface area contributed by atoms with Gasteiger partial charge in [0.1, 0.15) is 5.75 Å². The maximum absolute atomic E-state index is 12.5. The summed E-state index contributed by atoms with van der Waals surface area (Å²) in [5.74, 6) is 1.43. The van der Waals surface area contributed by atoms with Crippen molar-refractivity contribution in [1.29, 1.82) is 0 Å². The van der Waals surface area contributed by atoms with Crippen LogP contribution in [0.5, 0.6) is 5.75 Å². The summed E-state index contributed by atoms with van der Waals surface area (Å²) in [6.07, 6.45) is 0.319. The van der Waals surface area contributed by atoms with E-state index in [0.717, 1.165) is 16.8 Å². The van der Waals surface area contributed by atoms with Crippen LogP contribution < -0.4 is 9.64 Å². The lowest BCUT2D eigenvalue weighted by molar-refractivity contribution is -0.117. The number of hydrogen-bond donors (Lipinski definition) is 0. The average Bonchev–Trinajstić information content (AvgIpc) is 3.28. The Balaban J connectivity index is 1.55. The zero-order chi connectivity index (χ0) is 19.0. The topological polar surface area (TPSA) is 68.5 Å². The number of ether oxygens (including phenoxy) is 1. The van der Waals surface area contributed by atoms with Crippen LogP contribution in [-0.4, -0.2) is 29.7 Å². The van der Waals surface area contributed by atoms with Gasteiger partial charge in [-0.1, -0.05) is 40.5 Å². The van der Waals surface area contributed by atoms with E-state index in [0.29, 0.717) is 35.5 Å². The van der Waals surface area contributed by atoms with E-state index in [-0.39, 0.29) is 11.8 Å². The van der Waals surface area contributed by atoms with Crippen LogP contribution >= 0.6 is 11.6 Å². The van der Waals surface area contributed by atoms with Crippen molar-refractivity contribution >= 4 is 23.2 Å². The lowest BCUT2D eigenvalue weighted by Gasteiger charge is -2.17. The molecule has 2 aromatic carbocycles. The van der Waals surface area contributed by atoms with Crippen LogP contribution in [0.3, 0.4) is 0 Å². The molecule has 0 spiro atoms. The number of rotatable bonds is 4. The molecule has 6 nitrogen and oxygen atoms in total. The predicted octanol–water partition coefficient (Wildman–Crippen LogP) is 4.23. The number of aromatic nitrogens is 2. The highest BCUT2D eigenvalue weighted by Crippen LogP contribution is 2.35. The van der Waals surface area contributed by atoms with Crippen molar-refractivity contribution in [2.24, 2.45) is 0 Å². The van der Waals surface area contributed by atoms with Gasteiger partial charge in [0.15, 0.2) is 0 Å². The second-order valence-electron chi connectivity index (χ2n) is 6.55. The highest BCUT2D eigenvalue weighted by molar-refractivity contribution is 6.32. The van der Waals surface area contributed by atoms with Crippen LogP contribution in [0, 0.1) is 6.92 Å². The third-order valence-electron chi connectivity index (χ3n) is 4.64. The SMILES string of the molecule is COc1ccc(N2CC(c3nc(-c4cccc(C)c4)no3)CC2=O)cc1Cl. The molecule has 0 bridgehead atoms. The Labute approximate surface area is 161 Å². The number of halogens is 1. The molecule has 1 unspecified atom stereocenters.